The van der Waals surface area contributed by atoms with Crippen LogP contribution in [0.5, 0.6) is 0 Å². The average molecular weight is 364 g/mol. The van der Waals surface area contributed by atoms with E-state index in [0.717, 1.165) is 32.2 Å². The maximum absolute atomic E-state index is 11.8. The molecule has 0 spiro atoms. The topological polar surface area (TPSA) is 96.2 Å². The van der Waals surface area contributed by atoms with Gasteiger partial charge in [-0.05, 0) is 47.0 Å². The van der Waals surface area contributed by atoms with Crippen molar-refractivity contribution in [2.24, 2.45) is 0 Å². The SMILES string of the molecule is CCCCN(C)c1ncnc(NC2CC(C)(C)NC(C)(C)C2)c1[N+](=O)[O-]. The van der Waals surface area contributed by atoms with E-state index in [1.165, 1.54) is 6.33 Å². The molecule has 1 saturated heterocycles. The molecular weight excluding hydrogens is 332 g/mol. The number of rotatable bonds is 7. The lowest BCUT2D eigenvalue weighted by molar-refractivity contribution is -0.383. The van der Waals surface area contributed by atoms with Gasteiger partial charge in [0.05, 0.1) is 4.92 Å². The van der Waals surface area contributed by atoms with Crippen molar-refractivity contribution >= 4 is 17.3 Å². The number of nitrogens with one attached hydrogen (secondary N) is 2. The lowest BCUT2D eigenvalue weighted by atomic mass is 9.79. The highest BCUT2D eigenvalue weighted by molar-refractivity contribution is 5.70. The molecule has 0 aromatic carbocycles. The number of anilines is 2. The van der Waals surface area contributed by atoms with Gasteiger partial charge >= 0.3 is 5.69 Å². The first kappa shape index (κ1) is 20.4. The quantitative estimate of drug-likeness (QED) is 0.566. The number of aromatic nitrogens is 2. The fourth-order valence-electron chi connectivity index (χ4n) is 4.04. The smallest absolute Gasteiger partial charge is 0.353 e. The summed E-state index contributed by atoms with van der Waals surface area (Å²) >= 11 is 0. The van der Waals surface area contributed by atoms with E-state index in [-0.39, 0.29) is 27.7 Å². The van der Waals surface area contributed by atoms with Crippen LogP contribution in [0.2, 0.25) is 0 Å². The van der Waals surface area contributed by atoms with Crippen molar-refractivity contribution in [3.8, 4) is 0 Å². The summed E-state index contributed by atoms with van der Waals surface area (Å²) in [6, 6.07) is 0.101. The monoisotopic (exact) mass is 364 g/mol. The zero-order chi connectivity index (χ0) is 19.5. The van der Waals surface area contributed by atoms with E-state index in [1.807, 2.05) is 11.9 Å². The molecule has 8 nitrogen and oxygen atoms in total. The molecule has 2 N–H and O–H groups in total. The van der Waals surface area contributed by atoms with Gasteiger partial charge in [-0.3, -0.25) is 10.1 Å². The fraction of sp³-hybridized carbons (Fsp3) is 0.778. The third-order valence-corrected chi connectivity index (χ3v) is 4.73. The molecule has 2 rings (SSSR count). The van der Waals surface area contributed by atoms with Crippen molar-refractivity contribution in [2.75, 3.05) is 23.8 Å². The van der Waals surface area contributed by atoms with E-state index < -0.39 is 0 Å². The van der Waals surface area contributed by atoms with Gasteiger partial charge in [-0.25, -0.2) is 9.97 Å². The Morgan fingerprint density at radius 2 is 1.92 bits per heavy atom. The van der Waals surface area contributed by atoms with Crippen molar-refractivity contribution in [1.82, 2.24) is 15.3 Å². The second kappa shape index (κ2) is 7.73. The van der Waals surface area contributed by atoms with Crippen LogP contribution in [0.3, 0.4) is 0 Å². The molecule has 2 heterocycles. The second-order valence-electron chi connectivity index (χ2n) is 8.57. The summed E-state index contributed by atoms with van der Waals surface area (Å²) in [4.78, 5) is 21.6. The second-order valence-corrected chi connectivity index (χ2v) is 8.57. The van der Waals surface area contributed by atoms with Crippen LogP contribution in [0, 0.1) is 10.1 Å². The fourth-order valence-corrected chi connectivity index (χ4v) is 4.04. The highest BCUT2D eigenvalue weighted by Crippen LogP contribution is 2.35. The van der Waals surface area contributed by atoms with Gasteiger partial charge in [0.15, 0.2) is 0 Å². The molecule has 1 aromatic heterocycles. The first-order chi connectivity index (χ1) is 12.0. The van der Waals surface area contributed by atoms with Gasteiger partial charge in [0, 0.05) is 30.7 Å². The van der Waals surface area contributed by atoms with E-state index in [9.17, 15) is 10.1 Å². The molecule has 0 amide bonds. The Bertz CT molecular complexity index is 631. The summed E-state index contributed by atoms with van der Waals surface area (Å²) in [7, 11) is 1.84. The summed E-state index contributed by atoms with van der Waals surface area (Å²) in [5.41, 5.74) is -0.149. The average Bonchev–Trinajstić information content (AvgIpc) is 2.48. The molecule has 1 aliphatic rings. The summed E-state index contributed by atoms with van der Waals surface area (Å²) in [6.45, 7) is 11.4. The Kier molecular flexibility index (Phi) is 6.05. The zero-order valence-electron chi connectivity index (χ0n) is 16.8. The standard InChI is InChI=1S/C18H32N6O2/c1-7-8-9-23(6)16-14(24(25)26)15(19-12-20-16)21-13-10-17(2,3)22-18(4,5)11-13/h12-13,22H,7-11H2,1-6H3,(H,19,20,21). The minimum absolute atomic E-state index is 0.0414. The Morgan fingerprint density at radius 3 is 2.46 bits per heavy atom. The Labute approximate surface area is 155 Å². The lowest BCUT2D eigenvalue weighted by Crippen LogP contribution is -2.60. The molecule has 26 heavy (non-hydrogen) atoms. The van der Waals surface area contributed by atoms with Crippen LogP contribution >= 0.6 is 0 Å². The van der Waals surface area contributed by atoms with Crippen LogP contribution in [0.25, 0.3) is 0 Å². The van der Waals surface area contributed by atoms with Crippen molar-refractivity contribution in [2.45, 2.75) is 77.4 Å². The molecule has 0 radical (unpaired) electrons. The highest BCUT2D eigenvalue weighted by atomic mass is 16.6. The molecule has 8 heteroatoms. The zero-order valence-corrected chi connectivity index (χ0v) is 16.8. The Hall–Kier alpha value is -1.96. The van der Waals surface area contributed by atoms with Gasteiger partial charge in [-0.1, -0.05) is 13.3 Å². The van der Waals surface area contributed by atoms with Gasteiger partial charge in [0.2, 0.25) is 11.6 Å². The minimum Gasteiger partial charge on any atom is -0.361 e. The van der Waals surface area contributed by atoms with Crippen LogP contribution < -0.4 is 15.5 Å². The van der Waals surface area contributed by atoms with Crippen LogP contribution in [0.4, 0.5) is 17.3 Å². The normalized spacial score (nSPS) is 19.2. The third kappa shape index (κ3) is 5.03. The highest BCUT2D eigenvalue weighted by Gasteiger charge is 2.39. The summed E-state index contributed by atoms with van der Waals surface area (Å²) in [5.74, 6) is 0.676. The number of unbranched alkanes of at least 4 members (excludes halogenated alkanes) is 1. The van der Waals surface area contributed by atoms with E-state index >= 15 is 0 Å². The van der Waals surface area contributed by atoms with Crippen LogP contribution in [0.15, 0.2) is 6.33 Å². The Morgan fingerprint density at radius 1 is 1.31 bits per heavy atom. The van der Waals surface area contributed by atoms with Crippen molar-refractivity contribution in [3.63, 3.8) is 0 Å². The number of hydrogen-bond donors (Lipinski definition) is 2. The molecule has 1 aromatic rings. The predicted molar refractivity (Wildman–Crippen MR) is 105 cm³/mol. The molecular formula is C18H32N6O2. The molecule has 146 valence electrons. The van der Waals surface area contributed by atoms with Gasteiger partial charge in [0.1, 0.15) is 6.33 Å². The van der Waals surface area contributed by atoms with E-state index in [1.54, 1.807) is 0 Å². The maximum Gasteiger partial charge on any atom is 0.353 e. The van der Waals surface area contributed by atoms with E-state index in [0.29, 0.717) is 11.6 Å². The minimum atomic E-state index is -0.378. The third-order valence-electron chi connectivity index (χ3n) is 4.73. The summed E-state index contributed by atoms with van der Waals surface area (Å²) < 4.78 is 0. The molecule has 0 saturated carbocycles. The van der Waals surface area contributed by atoms with Crippen molar-refractivity contribution in [3.05, 3.63) is 16.4 Å². The molecule has 1 fully saturated rings. The number of piperidine rings is 1. The van der Waals surface area contributed by atoms with Crippen molar-refractivity contribution < 1.29 is 4.92 Å². The lowest BCUT2D eigenvalue weighted by Gasteiger charge is -2.46. The molecule has 0 aliphatic carbocycles. The molecule has 0 atom stereocenters. The molecule has 1 aliphatic heterocycles. The van der Waals surface area contributed by atoms with Gasteiger partial charge in [0.25, 0.3) is 0 Å². The Balaban J connectivity index is 2.30. The summed E-state index contributed by atoms with van der Waals surface area (Å²) in [6.07, 6.45) is 5.10. The predicted octanol–water partition coefficient (Wildman–Crippen LogP) is 3.34. The number of hydrogen-bond acceptors (Lipinski definition) is 7. The first-order valence-corrected chi connectivity index (χ1v) is 9.31. The molecule has 0 bridgehead atoms. The van der Waals surface area contributed by atoms with Gasteiger partial charge in [-0.2, -0.15) is 0 Å². The first-order valence-electron chi connectivity index (χ1n) is 9.31. The van der Waals surface area contributed by atoms with Crippen LogP contribution in [0.1, 0.15) is 60.3 Å². The van der Waals surface area contributed by atoms with E-state index in [2.05, 4.69) is 55.2 Å². The largest absolute Gasteiger partial charge is 0.361 e. The van der Waals surface area contributed by atoms with Gasteiger partial charge < -0.3 is 15.5 Å². The van der Waals surface area contributed by atoms with Crippen LogP contribution in [-0.2, 0) is 0 Å². The number of nitro groups is 1. The van der Waals surface area contributed by atoms with Crippen molar-refractivity contribution in [1.29, 1.82) is 0 Å². The van der Waals surface area contributed by atoms with Gasteiger partial charge in [-0.15, -0.1) is 0 Å². The number of nitrogens with zero attached hydrogens (tertiary/aromatic N) is 4. The maximum atomic E-state index is 11.8. The molecule has 0 unspecified atom stereocenters. The van der Waals surface area contributed by atoms with Crippen LogP contribution in [-0.4, -0.2) is 45.6 Å². The van der Waals surface area contributed by atoms with E-state index in [4.69, 9.17) is 0 Å². The summed E-state index contributed by atoms with van der Waals surface area (Å²) in [5, 5.41) is 18.7.